The molecular weight excluding hydrogens is 390 g/mol. The van der Waals surface area contributed by atoms with Gasteiger partial charge in [-0.1, -0.05) is 11.6 Å². The molecule has 0 bridgehead atoms. The highest BCUT2D eigenvalue weighted by Gasteiger charge is 2.12. The average molecular weight is 397 g/mol. The van der Waals surface area contributed by atoms with E-state index in [2.05, 4.69) is 26.1 Å². The van der Waals surface area contributed by atoms with Crippen molar-refractivity contribution in [1.29, 1.82) is 5.26 Å². The lowest BCUT2D eigenvalue weighted by molar-refractivity contribution is 0.264. The molecule has 0 aliphatic carbocycles. The van der Waals surface area contributed by atoms with Crippen molar-refractivity contribution >= 4 is 38.9 Å². The maximum Gasteiger partial charge on any atom is 0.257 e. The molecule has 2 aromatic heterocycles. The van der Waals surface area contributed by atoms with Gasteiger partial charge in [-0.25, -0.2) is 0 Å². The molecule has 2 heterocycles. The predicted octanol–water partition coefficient (Wildman–Crippen LogP) is 4.66. The minimum Gasteiger partial charge on any atom is -0.482 e. The number of halogens is 2. The second-order valence-corrected chi connectivity index (χ2v) is 7.02. The van der Waals surface area contributed by atoms with Gasteiger partial charge in [-0.15, -0.1) is 21.5 Å². The molecule has 8 heteroatoms. The first-order chi connectivity index (χ1) is 10.7. The van der Waals surface area contributed by atoms with Gasteiger partial charge in [-0.2, -0.15) is 5.26 Å². The molecule has 0 saturated carbocycles. The molecule has 0 N–H and O–H groups in total. The van der Waals surface area contributed by atoms with Crippen LogP contribution in [-0.2, 0) is 6.61 Å². The molecule has 0 saturated heterocycles. The molecule has 22 heavy (non-hydrogen) atoms. The van der Waals surface area contributed by atoms with E-state index in [1.807, 2.05) is 18.2 Å². The SMILES string of the molecule is N#Cc1ccc(OCc2nnc(-c3ccc(Br)s3)o2)c(Cl)c1. The third kappa shape index (κ3) is 3.30. The Balaban J connectivity index is 1.70. The molecule has 3 rings (SSSR count). The van der Waals surface area contributed by atoms with Crippen molar-refractivity contribution in [2.45, 2.75) is 6.61 Å². The minimum absolute atomic E-state index is 0.102. The van der Waals surface area contributed by atoms with Crippen molar-refractivity contribution in [3.63, 3.8) is 0 Å². The summed E-state index contributed by atoms with van der Waals surface area (Å²) in [6.07, 6.45) is 0. The Morgan fingerprint density at radius 3 is 2.86 bits per heavy atom. The van der Waals surface area contributed by atoms with E-state index in [-0.39, 0.29) is 6.61 Å². The van der Waals surface area contributed by atoms with Gasteiger partial charge in [0.05, 0.1) is 25.3 Å². The maximum absolute atomic E-state index is 8.79. The first kappa shape index (κ1) is 15.0. The zero-order valence-corrected chi connectivity index (χ0v) is 14.1. The smallest absolute Gasteiger partial charge is 0.257 e. The lowest BCUT2D eigenvalue weighted by Gasteiger charge is -2.05. The number of thiophene rings is 1. The average Bonchev–Trinajstić information content (AvgIpc) is 3.14. The minimum atomic E-state index is 0.102. The van der Waals surface area contributed by atoms with Crippen molar-refractivity contribution in [3.05, 3.63) is 50.6 Å². The summed E-state index contributed by atoms with van der Waals surface area (Å²) < 4.78 is 12.1. The Kier molecular flexibility index (Phi) is 4.43. The van der Waals surface area contributed by atoms with Gasteiger partial charge in [0.25, 0.3) is 11.8 Å². The van der Waals surface area contributed by atoms with E-state index in [4.69, 9.17) is 26.0 Å². The van der Waals surface area contributed by atoms with Crippen molar-refractivity contribution < 1.29 is 9.15 Å². The third-order valence-electron chi connectivity index (χ3n) is 2.66. The summed E-state index contributed by atoms with van der Waals surface area (Å²) in [6.45, 7) is 0.102. The zero-order valence-electron chi connectivity index (χ0n) is 10.9. The number of benzene rings is 1. The summed E-state index contributed by atoms with van der Waals surface area (Å²) in [5.41, 5.74) is 0.473. The number of ether oxygens (including phenoxy) is 1. The molecule has 0 radical (unpaired) electrons. The Bertz CT molecular complexity index is 856. The highest BCUT2D eigenvalue weighted by molar-refractivity contribution is 9.11. The lowest BCUT2D eigenvalue weighted by Crippen LogP contribution is -1.96. The first-order valence-corrected chi connectivity index (χ1v) is 8.05. The first-order valence-electron chi connectivity index (χ1n) is 6.06. The van der Waals surface area contributed by atoms with Crippen LogP contribution >= 0.6 is 38.9 Å². The van der Waals surface area contributed by atoms with Crippen LogP contribution in [0.25, 0.3) is 10.8 Å². The van der Waals surface area contributed by atoms with Gasteiger partial charge in [-0.05, 0) is 46.3 Å². The van der Waals surface area contributed by atoms with E-state index in [1.165, 1.54) is 11.3 Å². The topological polar surface area (TPSA) is 71.9 Å². The highest BCUT2D eigenvalue weighted by Crippen LogP contribution is 2.31. The number of aromatic nitrogens is 2. The van der Waals surface area contributed by atoms with Crippen LogP contribution in [-0.4, -0.2) is 10.2 Å². The molecule has 3 aromatic rings. The molecule has 0 unspecified atom stereocenters. The van der Waals surface area contributed by atoms with Crippen LogP contribution in [0.4, 0.5) is 0 Å². The number of nitrogens with zero attached hydrogens (tertiary/aromatic N) is 3. The molecule has 0 spiro atoms. The highest BCUT2D eigenvalue weighted by atomic mass is 79.9. The fourth-order valence-electron chi connectivity index (χ4n) is 1.67. The third-order valence-corrected chi connectivity index (χ3v) is 4.57. The molecule has 0 atom stereocenters. The Morgan fingerprint density at radius 1 is 1.32 bits per heavy atom. The van der Waals surface area contributed by atoms with E-state index in [1.54, 1.807) is 18.2 Å². The van der Waals surface area contributed by atoms with Gasteiger partial charge < -0.3 is 9.15 Å². The van der Waals surface area contributed by atoms with Crippen molar-refractivity contribution in [1.82, 2.24) is 10.2 Å². The number of nitriles is 1. The van der Waals surface area contributed by atoms with Gasteiger partial charge >= 0.3 is 0 Å². The second kappa shape index (κ2) is 6.48. The molecule has 0 aliphatic rings. The van der Waals surface area contributed by atoms with Crippen molar-refractivity contribution in [2.24, 2.45) is 0 Å². The van der Waals surface area contributed by atoms with E-state index in [0.29, 0.717) is 28.1 Å². The maximum atomic E-state index is 8.79. The normalized spacial score (nSPS) is 10.4. The predicted molar refractivity (Wildman–Crippen MR) is 85.8 cm³/mol. The van der Waals surface area contributed by atoms with Crippen molar-refractivity contribution in [3.8, 4) is 22.6 Å². The summed E-state index contributed by atoms with van der Waals surface area (Å²) in [7, 11) is 0. The van der Waals surface area contributed by atoms with Crippen LogP contribution in [0, 0.1) is 11.3 Å². The summed E-state index contributed by atoms with van der Waals surface area (Å²) in [5.74, 6) is 1.25. The van der Waals surface area contributed by atoms with Crippen LogP contribution in [0.15, 0.2) is 38.5 Å². The summed E-state index contributed by atoms with van der Waals surface area (Å²) in [6, 6.07) is 10.6. The number of rotatable bonds is 4. The summed E-state index contributed by atoms with van der Waals surface area (Å²) in [5, 5.41) is 17.1. The van der Waals surface area contributed by atoms with Crippen LogP contribution in [0.1, 0.15) is 11.5 Å². The quantitative estimate of drug-likeness (QED) is 0.641. The van der Waals surface area contributed by atoms with Gasteiger partial charge in [0.1, 0.15) is 5.75 Å². The van der Waals surface area contributed by atoms with Crippen LogP contribution < -0.4 is 4.74 Å². The lowest BCUT2D eigenvalue weighted by atomic mass is 10.2. The van der Waals surface area contributed by atoms with Gasteiger partial charge in [0.15, 0.2) is 6.61 Å². The molecule has 1 aromatic carbocycles. The molecular formula is C14H7BrClN3O2S. The fraction of sp³-hybridized carbons (Fsp3) is 0.0714. The standard InChI is InChI=1S/C14H7BrClN3O2S/c15-12-4-3-11(22-12)14-19-18-13(21-14)7-20-10-2-1-8(6-17)5-9(10)16/h1-5H,7H2. The summed E-state index contributed by atoms with van der Waals surface area (Å²) >= 11 is 10.9. The largest absolute Gasteiger partial charge is 0.482 e. The van der Waals surface area contributed by atoms with Gasteiger partial charge in [-0.3, -0.25) is 0 Å². The molecule has 110 valence electrons. The molecule has 5 nitrogen and oxygen atoms in total. The molecule has 0 fully saturated rings. The van der Waals surface area contributed by atoms with E-state index in [9.17, 15) is 0 Å². The Morgan fingerprint density at radius 2 is 2.18 bits per heavy atom. The van der Waals surface area contributed by atoms with E-state index >= 15 is 0 Å². The zero-order chi connectivity index (χ0) is 15.5. The van der Waals surface area contributed by atoms with Crippen LogP contribution in [0.2, 0.25) is 5.02 Å². The van der Waals surface area contributed by atoms with Crippen LogP contribution in [0.5, 0.6) is 5.75 Å². The monoisotopic (exact) mass is 395 g/mol. The molecule has 0 amide bonds. The summed E-state index contributed by atoms with van der Waals surface area (Å²) in [4.78, 5) is 0.877. The van der Waals surface area contributed by atoms with E-state index < -0.39 is 0 Å². The van der Waals surface area contributed by atoms with Crippen molar-refractivity contribution in [2.75, 3.05) is 0 Å². The fourth-order valence-corrected chi connectivity index (χ4v) is 3.21. The number of hydrogen-bond acceptors (Lipinski definition) is 6. The van der Waals surface area contributed by atoms with Gasteiger partial charge in [0, 0.05) is 0 Å². The molecule has 0 aliphatic heterocycles. The van der Waals surface area contributed by atoms with Gasteiger partial charge in [0.2, 0.25) is 0 Å². The Hall–Kier alpha value is -1.88. The van der Waals surface area contributed by atoms with Crippen LogP contribution in [0.3, 0.4) is 0 Å². The second-order valence-electron chi connectivity index (χ2n) is 4.15. The Labute approximate surface area is 143 Å². The van der Waals surface area contributed by atoms with E-state index in [0.717, 1.165) is 8.66 Å². The number of hydrogen-bond donors (Lipinski definition) is 0.